The van der Waals surface area contributed by atoms with Crippen LogP contribution >= 0.6 is 11.8 Å². The Morgan fingerprint density at radius 3 is 2.80 bits per heavy atom. The summed E-state index contributed by atoms with van der Waals surface area (Å²) in [6.45, 7) is 2.10. The molecular weight excluding hydrogens is 140 g/mol. The van der Waals surface area contributed by atoms with Crippen molar-refractivity contribution < 1.29 is 0 Å². The SMILES string of the molecule is C#C/C=C(\C=C/CC)SC. The van der Waals surface area contributed by atoms with Gasteiger partial charge in [-0.05, 0) is 12.7 Å². The zero-order valence-corrected chi connectivity index (χ0v) is 7.24. The summed E-state index contributed by atoms with van der Waals surface area (Å²) >= 11 is 1.67. The smallest absolute Gasteiger partial charge is 0.0149 e. The van der Waals surface area contributed by atoms with Gasteiger partial charge in [-0.2, -0.15) is 0 Å². The molecule has 0 rings (SSSR count). The van der Waals surface area contributed by atoms with Gasteiger partial charge in [0, 0.05) is 11.0 Å². The molecule has 0 bridgehead atoms. The Morgan fingerprint density at radius 2 is 2.40 bits per heavy atom. The maximum absolute atomic E-state index is 5.10. The van der Waals surface area contributed by atoms with Crippen molar-refractivity contribution >= 4 is 11.8 Å². The lowest BCUT2D eigenvalue weighted by Crippen LogP contribution is -1.66. The summed E-state index contributed by atoms with van der Waals surface area (Å²) in [7, 11) is 0. The van der Waals surface area contributed by atoms with E-state index in [1.807, 2.05) is 12.3 Å². The maximum Gasteiger partial charge on any atom is 0.0149 e. The number of rotatable bonds is 3. The quantitative estimate of drug-likeness (QED) is 0.442. The standard InChI is InChI=1S/C9H12S/c1-4-6-8-9(10-3)7-5-2/h2,6-8H,4H2,1,3H3/b8-6-,9-7+. The van der Waals surface area contributed by atoms with E-state index in [9.17, 15) is 0 Å². The van der Waals surface area contributed by atoms with Crippen molar-refractivity contribution in [1.82, 2.24) is 0 Å². The Kier molecular flexibility index (Phi) is 6.11. The normalized spacial score (nSPS) is 11.9. The highest BCUT2D eigenvalue weighted by Gasteiger charge is 1.83. The fourth-order valence-corrected chi connectivity index (χ4v) is 0.909. The summed E-state index contributed by atoms with van der Waals surface area (Å²) in [6, 6.07) is 0. The number of allylic oxidation sites excluding steroid dienone is 3. The molecule has 0 amide bonds. The molecule has 0 spiro atoms. The van der Waals surface area contributed by atoms with Crippen LogP contribution < -0.4 is 0 Å². The molecule has 0 heterocycles. The topological polar surface area (TPSA) is 0 Å². The second-order valence-electron chi connectivity index (χ2n) is 1.73. The average Bonchev–Trinajstić information content (AvgIpc) is 1.98. The molecule has 0 N–H and O–H groups in total. The van der Waals surface area contributed by atoms with E-state index in [0.717, 1.165) is 11.3 Å². The van der Waals surface area contributed by atoms with Crippen LogP contribution in [0.1, 0.15) is 13.3 Å². The molecule has 0 atom stereocenters. The predicted molar refractivity (Wildman–Crippen MR) is 49.9 cm³/mol. The van der Waals surface area contributed by atoms with Crippen LogP contribution in [-0.4, -0.2) is 6.26 Å². The molecule has 10 heavy (non-hydrogen) atoms. The lowest BCUT2D eigenvalue weighted by Gasteiger charge is -1.90. The summed E-state index contributed by atoms with van der Waals surface area (Å²) in [5.41, 5.74) is 0. The number of thioether (sulfide) groups is 1. The van der Waals surface area contributed by atoms with E-state index in [2.05, 4.69) is 18.9 Å². The van der Waals surface area contributed by atoms with Crippen molar-refractivity contribution in [2.45, 2.75) is 13.3 Å². The van der Waals surface area contributed by atoms with E-state index in [4.69, 9.17) is 6.42 Å². The summed E-state index contributed by atoms with van der Waals surface area (Å²) in [5, 5.41) is 0. The van der Waals surface area contributed by atoms with Crippen LogP contribution in [0.2, 0.25) is 0 Å². The van der Waals surface area contributed by atoms with E-state index >= 15 is 0 Å². The molecule has 0 aromatic carbocycles. The minimum absolute atomic E-state index is 1.06. The minimum Gasteiger partial charge on any atom is -0.129 e. The molecule has 0 aromatic heterocycles. The fourth-order valence-electron chi connectivity index (χ4n) is 0.491. The van der Waals surface area contributed by atoms with E-state index in [-0.39, 0.29) is 0 Å². The van der Waals surface area contributed by atoms with Gasteiger partial charge in [-0.3, -0.25) is 0 Å². The molecule has 0 aliphatic rings. The zero-order valence-electron chi connectivity index (χ0n) is 6.42. The van der Waals surface area contributed by atoms with Crippen LogP contribution in [0.15, 0.2) is 23.1 Å². The van der Waals surface area contributed by atoms with Crippen molar-refractivity contribution in [1.29, 1.82) is 0 Å². The van der Waals surface area contributed by atoms with Crippen LogP contribution in [0.3, 0.4) is 0 Å². The van der Waals surface area contributed by atoms with Gasteiger partial charge in [0.05, 0.1) is 0 Å². The van der Waals surface area contributed by atoms with Crippen LogP contribution in [0.25, 0.3) is 0 Å². The third-order valence-electron chi connectivity index (χ3n) is 0.979. The molecule has 0 fully saturated rings. The minimum atomic E-state index is 1.06. The van der Waals surface area contributed by atoms with E-state index < -0.39 is 0 Å². The molecular formula is C9H12S. The Balaban J connectivity index is 3.98. The highest BCUT2D eigenvalue weighted by atomic mass is 32.2. The van der Waals surface area contributed by atoms with Gasteiger partial charge in [0.15, 0.2) is 0 Å². The molecule has 0 aliphatic carbocycles. The first-order valence-corrected chi connectivity index (χ1v) is 4.44. The lowest BCUT2D eigenvalue weighted by atomic mass is 10.4. The molecule has 0 saturated heterocycles. The fraction of sp³-hybridized carbons (Fsp3) is 0.333. The summed E-state index contributed by atoms with van der Waals surface area (Å²) in [6.07, 6.45) is 14.1. The Morgan fingerprint density at radius 1 is 1.70 bits per heavy atom. The number of hydrogen-bond donors (Lipinski definition) is 0. The monoisotopic (exact) mass is 152 g/mol. The summed E-state index contributed by atoms with van der Waals surface area (Å²) < 4.78 is 0. The second kappa shape index (κ2) is 6.51. The highest BCUT2D eigenvalue weighted by molar-refractivity contribution is 8.02. The third kappa shape index (κ3) is 4.29. The third-order valence-corrected chi connectivity index (χ3v) is 1.70. The van der Waals surface area contributed by atoms with E-state index in [0.29, 0.717) is 0 Å². The van der Waals surface area contributed by atoms with Crippen LogP contribution in [0, 0.1) is 12.3 Å². The molecule has 1 heteroatoms. The van der Waals surface area contributed by atoms with E-state index in [1.54, 1.807) is 17.8 Å². The van der Waals surface area contributed by atoms with Crippen LogP contribution in [0.4, 0.5) is 0 Å². The molecule has 0 nitrogen and oxygen atoms in total. The average molecular weight is 152 g/mol. The largest absolute Gasteiger partial charge is 0.129 e. The van der Waals surface area contributed by atoms with E-state index in [1.165, 1.54) is 0 Å². The van der Waals surface area contributed by atoms with Gasteiger partial charge >= 0.3 is 0 Å². The number of terminal acetylenes is 1. The predicted octanol–water partition coefficient (Wildman–Crippen LogP) is 2.83. The second-order valence-corrected chi connectivity index (χ2v) is 2.61. The molecule has 54 valence electrons. The first-order valence-electron chi connectivity index (χ1n) is 3.22. The maximum atomic E-state index is 5.10. The Bertz CT molecular complexity index is 170. The van der Waals surface area contributed by atoms with Crippen molar-refractivity contribution in [3.63, 3.8) is 0 Å². The van der Waals surface area contributed by atoms with Crippen molar-refractivity contribution in [3.05, 3.63) is 23.1 Å². The Labute approximate surface area is 67.4 Å². The molecule has 0 radical (unpaired) electrons. The Hall–Kier alpha value is -0.610. The molecule has 0 unspecified atom stereocenters. The van der Waals surface area contributed by atoms with Gasteiger partial charge < -0.3 is 0 Å². The number of hydrogen-bond acceptors (Lipinski definition) is 1. The van der Waals surface area contributed by atoms with Gasteiger partial charge in [0.2, 0.25) is 0 Å². The molecule has 0 aromatic rings. The van der Waals surface area contributed by atoms with Crippen LogP contribution in [-0.2, 0) is 0 Å². The summed E-state index contributed by atoms with van der Waals surface area (Å²) in [5.74, 6) is 2.49. The van der Waals surface area contributed by atoms with Gasteiger partial charge in [0.1, 0.15) is 0 Å². The van der Waals surface area contributed by atoms with Gasteiger partial charge in [0.25, 0.3) is 0 Å². The van der Waals surface area contributed by atoms with Gasteiger partial charge in [-0.25, -0.2) is 0 Å². The first-order chi connectivity index (χ1) is 4.85. The first kappa shape index (κ1) is 9.39. The van der Waals surface area contributed by atoms with Crippen molar-refractivity contribution in [2.24, 2.45) is 0 Å². The highest BCUT2D eigenvalue weighted by Crippen LogP contribution is 2.12. The van der Waals surface area contributed by atoms with Crippen LogP contribution in [0.5, 0.6) is 0 Å². The summed E-state index contributed by atoms with van der Waals surface area (Å²) in [4.78, 5) is 1.14. The van der Waals surface area contributed by atoms with Crippen molar-refractivity contribution in [3.8, 4) is 12.3 Å². The lowest BCUT2D eigenvalue weighted by molar-refractivity contribution is 1.22. The molecule has 0 saturated carbocycles. The van der Waals surface area contributed by atoms with Crippen molar-refractivity contribution in [2.75, 3.05) is 6.26 Å². The zero-order chi connectivity index (χ0) is 7.82. The van der Waals surface area contributed by atoms with Gasteiger partial charge in [-0.1, -0.05) is 25.0 Å². The van der Waals surface area contributed by atoms with Gasteiger partial charge in [-0.15, -0.1) is 18.2 Å². The molecule has 0 aliphatic heterocycles.